The summed E-state index contributed by atoms with van der Waals surface area (Å²) >= 11 is 1.36. The molecule has 0 aliphatic carbocycles. The van der Waals surface area contributed by atoms with Crippen LogP contribution in [0.15, 0.2) is 69.7 Å². The normalized spacial score (nSPS) is 18.5. The second-order valence-electron chi connectivity index (χ2n) is 5.96. The Kier molecular flexibility index (Phi) is 6.48. The van der Waals surface area contributed by atoms with Gasteiger partial charge in [-0.1, -0.05) is 55.4 Å². The Morgan fingerprint density at radius 2 is 1.96 bits per heavy atom. The predicted molar refractivity (Wildman–Crippen MR) is 110 cm³/mol. The van der Waals surface area contributed by atoms with Gasteiger partial charge in [0.2, 0.25) is 5.91 Å². The highest BCUT2D eigenvalue weighted by molar-refractivity contribution is 8.15. The van der Waals surface area contributed by atoms with Gasteiger partial charge in [-0.05, 0) is 36.2 Å². The van der Waals surface area contributed by atoms with Crippen molar-refractivity contribution in [2.75, 3.05) is 0 Å². The van der Waals surface area contributed by atoms with Crippen LogP contribution in [0.3, 0.4) is 0 Å². The number of nitrogens with one attached hydrogen (secondary N) is 1. The van der Waals surface area contributed by atoms with Crippen LogP contribution in [-0.2, 0) is 14.9 Å². The van der Waals surface area contributed by atoms with Crippen molar-refractivity contribution in [3.63, 3.8) is 0 Å². The summed E-state index contributed by atoms with van der Waals surface area (Å²) in [5, 5.41) is 11.0. The molecule has 1 aliphatic rings. The number of nitrogens with zero attached hydrogens (tertiary/aromatic N) is 2. The Hall–Kier alpha value is -2.65. The van der Waals surface area contributed by atoms with E-state index in [9.17, 15) is 13.2 Å². The monoisotopic (exact) mass is 417 g/mol. The van der Waals surface area contributed by atoms with Crippen molar-refractivity contribution in [1.82, 2.24) is 5.32 Å². The Balaban J connectivity index is 1.68. The molecule has 1 saturated heterocycles. The third-order valence-electron chi connectivity index (χ3n) is 3.78. The number of benzene rings is 2. The molecule has 1 N–H and O–H groups in total. The summed E-state index contributed by atoms with van der Waals surface area (Å²) in [5.41, 5.74) is 0.615. The van der Waals surface area contributed by atoms with Crippen molar-refractivity contribution in [3.05, 3.63) is 60.2 Å². The zero-order chi connectivity index (χ0) is 20.0. The first-order chi connectivity index (χ1) is 13.5. The van der Waals surface area contributed by atoms with Crippen LogP contribution in [-0.4, -0.2) is 31.0 Å². The zero-order valence-corrected chi connectivity index (χ0v) is 16.7. The van der Waals surface area contributed by atoms with Crippen molar-refractivity contribution in [2.24, 2.45) is 10.2 Å². The molecule has 1 aliphatic heterocycles. The van der Waals surface area contributed by atoms with Crippen LogP contribution in [0.25, 0.3) is 0 Å². The minimum absolute atomic E-state index is 0.0534. The van der Waals surface area contributed by atoms with E-state index in [2.05, 4.69) is 15.5 Å². The van der Waals surface area contributed by atoms with E-state index in [0.717, 1.165) is 12.8 Å². The van der Waals surface area contributed by atoms with E-state index in [1.807, 2.05) is 6.92 Å². The minimum Gasteiger partial charge on any atom is -0.379 e. The number of carbonyl (C=O) groups excluding carboxylic acids is 1. The van der Waals surface area contributed by atoms with Crippen molar-refractivity contribution in [1.29, 1.82) is 0 Å². The summed E-state index contributed by atoms with van der Waals surface area (Å²) in [6.45, 7) is 2.02. The Labute approximate surface area is 168 Å². The van der Waals surface area contributed by atoms with E-state index < -0.39 is 10.1 Å². The lowest BCUT2D eigenvalue weighted by Crippen LogP contribution is -2.24. The molecule has 1 unspecified atom stereocenters. The molecule has 3 rings (SSSR count). The molecule has 0 radical (unpaired) electrons. The summed E-state index contributed by atoms with van der Waals surface area (Å²) in [6, 6.07) is 14.4. The van der Waals surface area contributed by atoms with Crippen LogP contribution in [0.4, 0.5) is 0 Å². The molecule has 2 aromatic rings. The molecule has 0 aromatic heterocycles. The zero-order valence-electron chi connectivity index (χ0n) is 15.1. The molecular weight excluding hydrogens is 398 g/mol. The van der Waals surface area contributed by atoms with E-state index in [4.69, 9.17) is 4.18 Å². The molecule has 0 saturated carbocycles. The van der Waals surface area contributed by atoms with E-state index in [1.165, 1.54) is 30.1 Å². The molecule has 1 amide bonds. The average Bonchev–Trinajstić information content (AvgIpc) is 3.02. The quantitative estimate of drug-likeness (QED) is 0.424. The maximum absolute atomic E-state index is 12.3. The van der Waals surface area contributed by atoms with E-state index in [1.54, 1.807) is 42.5 Å². The van der Waals surface area contributed by atoms with Gasteiger partial charge in [-0.25, -0.2) is 0 Å². The number of hydrogen-bond donors (Lipinski definition) is 1. The van der Waals surface area contributed by atoms with Gasteiger partial charge in [0.1, 0.15) is 10.6 Å². The Morgan fingerprint density at radius 1 is 1.18 bits per heavy atom. The number of thioether (sulfide) groups is 1. The summed E-state index contributed by atoms with van der Waals surface area (Å²) in [4.78, 5) is 11.8. The standard InChI is InChI=1S/C19H19N3O4S2/c1-2-7-17-18(23)21-19(27-17)22-20-13-14-8-6-9-15(12-14)26-28(24,25)16-10-4-3-5-11-16/h3-6,8-13,17H,2,7H2,1H3,(H,21,22,23). The van der Waals surface area contributed by atoms with Crippen molar-refractivity contribution in [2.45, 2.75) is 29.9 Å². The predicted octanol–water partition coefficient (Wildman–Crippen LogP) is 3.18. The van der Waals surface area contributed by atoms with Gasteiger partial charge >= 0.3 is 10.1 Å². The topological polar surface area (TPSA) is 97.2 Å². The smallest absolute Gasteiger partial charge is 0.339 e. The number of amides is 1. The first-order valence-corrected chi connectivity index (χ1v) is 10.9. The lowest BCUT2D eigenvalue weighted by molar-refractivity contribution is -0.118. The first kappa shape index (κ1) is 20.1. The molecule has 9 heteroatoms. The van der Waals surface area contributed by atoms with Crippen LogP contribution < -0.4 is 9.50 Å². The van der Waals surface area contributed by atoms with Gasteiger partial charge in [0.15, 0.2) is 5.17 Å². The summed E-state index contributed by atoms with van der Waals surface area (Å²) in [6.07, 6.45) is 3.17. The summed E-state index contributed by atoms with van der Waals surface area (Å²) in [7, 11) is -3.90. The van der Waals surface area contributed by atoms with E-state index >= 15 is 0 Å². The van der Waals surface area contributed by atoms with Crippen molar-refractivity contribution < 1.29 is 17.4 Å². The minimum atomic E-state index is -3.90. The van der Waals surface area contributed by atoms with E-state index in [0.29, 0.717) is 10.7 Å². The van der Waals surface area contributed by atoms with Gasteiger partial charge < -0.3 is 9.50 Å². The second kappa shape index (κ2) is 9.03. The third-order valence-corrected chi connectivity index (χ3v) is 6.18. The maximum atomic E-state index is 12.3. The highest BCUT2D eigenvalue weighted by Crippen LogP contribution is 2.23. The molecule has 0 bridgehead atoms. The highest BCUT2D eigenvalue weighted by Gasteiger charge is 2.29. The fraction of sp³-hybridized carbons (Fsp3) is 0.211. The first-order valence-electron chi connectivity index (χ1n) is 8.66. The van der Waals surface area contributed by atoms with Crippen LogP contribution in [0, 0.1) is 0 Å². The Bertz CT molecular complexity index is 1000. The molecule has 2 aromatic carbocycles. The molecule has 1 heterocycles. The van der Waals surface area contributed by atoms with Gasteiger partial charge in [0.05, 0.1) is 11.5 Å². The fourth-order valence-corrected chi connectivity index (χ4v) is 4.45. The second-order valence-corrected chi connectivity index (χ2v) is 8.69. The van der Waals surface area contributed by atoms with E-state index in [-0.39, 0.29) is 21.8 Å². The van der Waals surface area contributed by atoms with Crippen LogP contribution in [0.5, 0.6) is 5.75 Å². The van der Waals surface area contributed by atoms with Gasteiger partial charge in [-0.15, -0.1) is 5.10 Å². The largest absolute Gasteiger partial charge is 0.379 e. The number of rotatable bonds is 7. The van der Waals surface area contributed by atoms with Gasteiger partial charge in [-0.2, -0.15) is 13.5 Å². The average molecular weight is 418 g/mol. The molecular formula is C19H19N3O4S2. The van der Waals surface area contributed by atoms with Crippen LogP contribution in [0.1, 0.15) is 25.3 Å². The van der Waals surface area contributed by atoms with Gasteiger partial charge in [0, 0.05) is 0 Å². The van der Waals surface area contributed by atoms with Crippen LogP contribution >= 0.6 is 11.8 Å². The lowest BCUT2D eigenvalue weighted by Gasteiger charge is -2.07. The summed E-state index contributed by atoms with van der Waals surface area (Å²) < 4.78 is 29.8. The maximum Gasteiger partial charge on any atom is 0.339 e. The van der Waals surface area contributed by atoms with Crippen molar-refractivity contribution >= 4 is 39.2 Å². The number of hydrogen-bond acceptors (Lipinski definition) is 7. The third kappa shape index (κ3) is 5.20. The van der Waals surface area contributed by atoms with Gasteiger partial charge in [0.25, 0.3) is 0 Å². The van der Waals surface area contributed by atoms with Crippen molar-refractivity contribution in [3.8, 4) is 5.75 Å². The molecule has 1 fully saturated rings. The SMILES string of the molecule is CCCC1S/C(=N/N=Cc2cccc(OS(=O)(=O)c3ccccc3)c2)NC1=O. The summed E-state index contributed by atoms with van der Waals surface area (Å²) in [5.74, 6) is 0.120. The molecule has 146 valence electrons. The van der Waals surface area contributed by atoms with Crippen LogP contribution in [0.2, 0.25) is 0 Å². The molecule has 1 atom stereocenters. The fourth-order valence-electron chi connectivity index (χ4n) is 2.46. The highest BCUT2D eigenvalue weighted by atomic mass is 32.2. The Morgan fingerprint density at radius 3 is 2.71 bits per heavy atom. The number of amidine groups is 1. The molecule has 28 heavy (non-hydrogen) atoms. The molecule has 0 spiro atoms. The lowest BCUT2D eigenvalue weighted by atomic mass is 10.2. The molecule has 7 nitrogen and oxygen atoms in total. The number of carbonyl (C=O) groups is 1. The van der Waals surface area contributed by atoms with Gasteiger partial charge in [-0.3, -0.25) is 4.79 Å².